The van der Waals surface area contributed by atoms with Crippen LogP contribution in [0.25, 0.3) is 11.1 Å². The number of piperidine rings is 1. The zero-order chi connectivity index (χ0) is 19.6. The number of benzene rings is 1. The second-order valence-corrected chi connectivity index (χ2v) is 6.41. The van der Waals surface area contributed by atoms with E-state index in [1.165, 1.54) is 29.3 Å². The quantitative estimate of drug-likeness (QED) is 0.884. The number of halogens is 3. The summed E-state index contributed by atoms with van der Waals surface area (Å²) in [5, 5.41) is 9.03. The van der Waals surface area contributed by atoms with Crippen molar-refractivity contribution in [2.24, 2.45) is 5.92 Å². The van der Waals surface area contributed by atoms with Crippen molar-refractivity contribution >= 4 is 11.9 Å². The van der Waals surface area contributed by atoms with Crippen LogP contribution in [0.5, 0.6) is 0 Å². The number of amides is 1. The van der Waals surface area contributed by atoms with Crippen LogP contribution in [-0.4, -0.2) is 40.0 Å². The van der Waals surface area contributed by atoms with Crippen molar-refractivity contribution in [1.82, 2.24) is 9.88 Å². The van der Waals surface area contributed by atoms with Crippen LogP contribution >= 0.6 is 0 Å². The van der Waals surface area contributed by atoms with Gasteiger partial charge in [0.1, 0.15) is 5.69 Å². The maximum absolute atomic E-state index is 12.9. The van der Waals surface area contributed by atoms with Gasteiger partial charge >= 0.3 is 12.1 Å². The molecule has 142 valence electrons. The Morgan fingerprint density at radius 3 is 2.37 bits per heavy atom. The summed E-state index contributed by atoms with van der Waals surface area (Å²) in [5.41, 5.74) is 0.157. The van der Waals surface area contributed by atoms with Crippen LogP contribution in [-0.2, 0) is 11.0 Å². The van der Waals surface area contributed by atoms with E-state index in [1.807, 2.05) is 0 Å². The van der Waals surface area contributed by atoms with Gasteiger partial charge in [0.15, 0.2) is 0 Å². The molecule has 3 rings (SSSR count). The number of aliphatic carboxylic acids is 1. The first kappa shape index (κ1) is 18.9. The maximum Gasteiger partial charge on any atom is 0.416 e. The Hall–Kier alpha value is -2.90. The molecule has 0 aliphatic carbocycles. The summed E-state index contributed by atoms with van der Waals surface area (Å²) in [6.07, 6.45) is -2.33. The minimum Gasteiger partial charge on any atom is -0.481 e. The third kappa shape index (κ3) is 4.27. The second kappa shape index (κ2) is 7.38. The second-order valence-electron chi connectivity index (χ2n) is 6.41. The van der Waals surface area contributed by atoms with Gasteiger partial charge < -0.3 is 10.0 Å². The summed E-state index contributed by atoms with van der Waals surface area (Å²) >= 11 is 0. The number of carbonyl (C=O) groups is 2. The van der Waals surface area contributed by atoms with Crippen LogP contribution < -0.4 is 0 Å². The van der Waals surface area contributed by atoms with Gasteiger partial charge in [0.25, 0.3) is 5.91 Å². The molecule has 1 aliphatic rings. The molecule has 5 nitrogen and oxygen atoms in total. The highest BCUT2D eigenvalue weighted by Gasteiger charge is 2.31. The first-order chi connectivity index (χ1) is 12.8. The van der Waals surface area contributed by atoms with Crippen LogP contribution in [0.4, 0.5) is 13.2 Å². The van der Waals surface area contributed by atoms with E-state index in [1.54, 1.807) is 6.07 Å². The summed E-state index contributed by atoms with van der Waals surface area (Å²) in [6.45, 7) is 0.622. The van der Waals surface area contributed by atoms with Crippen molar-refractivity contribution in [2.45, 2.75) is 19.0 Å². The number of carboxylic acids is 1. The number of carboxylic acid groups (broad SMARTS) is 1. The lowest BCUT2D eigenvalue weighted by Crippen LogP contribution is -2.40. The van der Waals surface area contributed by atoms with Gasteiger partial charge in [0.2, 0.25) is 0 Å². The highest BCUT2D eigenvalue weighted by Crippen LogP contribution is 2.32. The van der Waals surface area contributed by atoms with Crippen molar-refractivity contribution in [3.8, 4) is 11.1 Å². The predicted molar refractivity (Wildman–Crippen MR) is 90.9 cm³/mol. The zero-order valence-corrected chi connectivity index (χ0v) is 14.2. The zero-order valence-electron chi connectivity index (χ0n) is 14.2. The van der Waals surface area contributed by atoms with E-state index < -0.39 is 23.6 Å². The molecule has 1 amide bonds. The average Bonchev–Trinajstić information content (AvgIpc) is 2.67. The fourth-order valence-corrected chi connectivity index (χ4v) is 3.09. The number of hydrogen-bond acceptors (Lipinski definition) is 3. The molecule has 1 fully saturated rings. The molecule has 1 saturated heterocycles. The smallest absolute Gasteiger partial charge is 0.416 e. The number of nitrogens with zero attached hydrogens (tertiary/aromatic N) is 2. The van der Waals surface area contributed by atoms with Gasteiger partial charge in [-0.2, -0.15) is 13.2 Å². The van der Waals surface area contributed by atoms with Gasteiger partial charge in [0, 0.05) is 19.3 Å². The van der Waals surface area contributed by atoms with E-state index in [0.717, 1.165) is 12.1 Å². The number of rotatable bonds is 3. The van der Waals surface area contributed by atoms with E-state index >= 15 is 0 Å². The highest BCUT2D eigenvalue weighted by molar-refractivity contribution is 5.93. The molecule has 2 heterocycles. The molecule has 0 saturated carbocycles. The van der Waals surface area contributed by atoms with Crippen molar-refractivity contribution in [3.05, 3.63) is 53.9 Å². The van der Waals surface area contributed by atoms with E-state index in [4.69, 9.17) is 5.11 Å². The number of pyridine rings is 1. The standard InChI is InChI=1S/C19H17F3N2O3/c20-19(21,22)15-3-1-2-13(10-15)14-4-7-23-16(11-14)17(25)24-8-5-12(6-9-24)18(26)27/h1-4,7,10-12H,5-6,8-9H2,(H,26,27). The Balaban J connectivity index is 1.80. The topological polar surface area (TPSA) is 70.5 Å². The summed E-state index contributed by atoms with van der Waals surface area (Å²) in [6, 6.07) is 7.88. The minimum atomic E-state index is -4.45. The molecule has 1 aliphatic heterocycles. The maximum atomic E-state index is 12.9. The van der Waals surface area contributed by atoms with Crippen molar-refractivity contribution in [1.29, 1.82) is 0 Å². The highest BCUT2D eigenvalue weighted by atomic mass is 19.4. The number of hydrogen-bond donors (Lipinski definition) is 1. The van der Waals surface area contributed by atoms with Crippen molar-refractivity contribution in [3.63, 3.8) is 0 Å². The Morgan fingerprint density at radius 1 is 1.07 bits per heavy atom. The third-order valence-electron chi connectivity index (χ3n) is 4.63. The average molecular weight is 378 g/mol. The van der Waals surface area contributed by atoms with Crippen LogP contribution in [0.1, 0.15) is 28.9 Å². The van der Waals surface area contributed by atoms with Crippen molar-refractivity contribution < 1.29 is 27.9 Å². The van der Waals surface area contributed by atoms with E-state index in [9.17, 15) is 22.8 Å². The minimum absolute atomic E-state index is 0.124. The van der Waals surface area contributed by atoms with Gasteiger partial charge in [-0.25, -0.2) is 0 Å². The lowest BCUT2D eigenvalue weighted by atomic mass is 9.97. The molecule has 0 atom stereocenters. The molecule has 1 N–H and O–H groups in total. The Labute approximate surface area is 153 Å². The Kier molecular flexibility index (Phi) is 5.16. The molecular weight excluding hydrogens is 361 g/mol. The molecule has 27 heavy (non-hydrogen) atoms. The first-order valence-corrected chi connectivity index (χ1v) is 8.41. The SMILES string of the molecule is O=C(O)C1CCN(C(=O)c2cc(-c3cccc(C(F)(F)F)c3)ccn2)CC1. The van der Waals surface area contributed by atoms with E-state index in [0.29, 0.717) is 37.1 Å². The molecule has 0 spiro atoms. The van der Waals surface area contributed by atoms with Gasteiger partial charge in [-0.1, -0.05) is 12.1 Å². The monoisotopic (exact) mass is 378 g/mol. The normalized spacial score (nSPS) is 15.6. The lowest BCUT2D eigenvalue weighted by Gasteiger charge is -2.29. The largest absolute Gasteiger partial charge is 0.481 e. The van der Waals surface area contributed by atoms with Gasteiger partial charge in [-0.15, -0.1) is 0 Å². The fourth-order valence-electron chi connectivity index (χ4n) is 3.09. The van der Waals surface area contributed by atoms with Gasteiger partial charge in [-0.3, -0.25) is 14.6 Å². The fraction of sp³-hybridized carbons (Fsp3) is 0.316. The number of aromatic nitrogens is 1. The van der Waals surface area contributed by atoms with Crippen LogP contribution in [0, 0.1) is 5.92 Å². The molecule has 1 aromatic carbocycles. The molecular formula is C19H17F3N2O3. The van der Waals surface area contributed by atoms with Crippen LogP contribution in [0.3, 0.4) is 0 Å². The predicted octanol–water partition coefficient (Wildman–Crippen LogP) is 3.70. The molecule has 0 radical (unpaired) electrons. The summed E-state index contributed by atoms with van der Waals surface area (Å²) < 4.78 is 38.7. The number of carbonyl (C=O) groups excluding carboxylic acids is 1. The molecule has 1 aromatic heterocycles. The lowest BCUT2D eigenvalue weighted by molar-refractivity contribution is -0.143. The van der Waals surface area contributed by atoms with E-state index in [-0.39, 0.29) is 11.6 Å². The molecule has 8 heteroatoms. The van der Waals surface area contributed by atoms with Gasteiger partial charge in [0.05, 0.1) is 11.5 Å². The van der Waals surface area contributed by atoms with E-state index in [2.05, 4.69) is 4.98 Å². The summed E-state index contributed by atoms with van der Waals surface area (Å²) in [5.74, 6) is -1.68. The Bertz CT molecular complexity index is 859. The van der Waals surface area contributed by atoms with Crippen LogP contribution in [0.2, 0.25) is 0 Å². The molecule has 2 aromatic rings. The molecule has 0 unspecified atom stereocenters. The summed E-state index contributed by atoms with van der Waals surface area (Å²) in [7, 11) is 0. The summed E-state index contributed by atoms with van der Waals surface area (Å²) in [4.78, 5) is 29.2. The number of likely N-dealkylation sites (tertiary alicyclic amines) is 1. The van der Waals surface area contributed by atoms with Gasteiger partial charge in [-0.05, 0) is 48.2 Å². The number of alkyl halides is 3. The molecule has 0 bridgehead atoms. The third-order valence-corrected chi connectivity index (χ3v) is 4.63. The Morgan fingerprint density at radius 2 is 1.74 bits per heavy atom. The van der Waals surface area contributed by atoms with Crippen LogP contribution in [0.15, 0.2) is 42.6 Å². The van der Waals surface area contributed by atoms with Crippen molar-refractivity contribution in [2.75, 3.05) is 13.1 Å². The first-order valence-electron chi connectivity index (χ1n) is 8.41.